The van der Waals surface area contributed by atoms with E-state index < -0.39 is 4.92 Å². The molecule has 0 aliphatic heterocycles. The van der Waals surface area contributed by atoms with Crippen molar-refractivity contribution in [3.8, 4) is 0 Å². The first-order valence-corrected chi connectivity index (χ1v) is 7.10. The first-order chi connectivity index (χ1) is 9.09. The Morgan fingerprint density at radius 1 is 1.05 bits per heavy atom. The molecule has 2 aromatic rings. The first kappa shape index (κ1) is 14.0. The number of hydrogen-bond donors (Lipinski definition) is 0. The van der Waals surface area contributed by atoms with Gasteiger partial charge in [-0.2, -0.15) is 0 Å². The zero-order valence-corrected chi connectivity index (χ0v) is 12.9. The molecule has 0 N–H and O–H groups in total. The van der Waals surface area contributed by atoms with Gasteiger partial charge < -0.3 is 0 Å². The normalized spacial score (nSPS) is 11.9. The molecule has 4 nitrogen and oxygen atoms in total. The molecule has 1 atom stereocenters. The van der Waals surface area contributed by atoms with Crippen LogP contribution in [0, 0.1) is 10.1 Å². The van der Waals surface area contributed by atoms with Gasteiger partial charge in [0.2, 0.25) is 0 Å². The fourth-order valence-electron chi connectivity index (χ4n) is 1.59. The topological polar surface area (TPSA) is 46.4 Å². The van der Waals surface area contributed by atoms with Gasteiger partial charge in [0.1, 0.15) is 4.95 Å². The number of nitrogens with zero attached hydrogens (tertiary/aromatic N) is 2. The van der Waals surface area contributed by atoms with Crippen LogP contribution >= 0.6 is 32.1 Å². The molecule has 0 fully saturated rings. The van der Waals surface area contributed by atoms with Gasteiger partial charge in [-0.3, -0.25) is 14.0 Å². The summed E-state index contributed by atoms with van der Waals surface area (Å²) in [5, 5.41) is 10.6. The molecule has 98 valence electrons. The largest absolute Gasteiger partial charge is 0.291 e. The summed E-state index contributed by atoms with van der Waals surface area (Å²) < 4.78 is 1.83. The Balaban J connectivity index is 2.19. The van der Waals surface area contributed by atoms with Crippen LogP contribution in [-0.2, 0) is 0 Å². The molecular formula is C13H10Br2N2O2. The van der Waals surface area contributed by atoms with E-state index in [0.29, 0.717) is 0 Å². The van der Waals surface area contributed by atoms with Crippen molar-refractivity contribution in [1.29, 1.82) is 0 Å². The highest BCUT2D eigenvalue weighted by atomic mass is 79.9. The minimum atomic E-state index is -0.412. The summed E-state index contributed by atoms with van der Waals surface area (Å²) in [7, 11) is 0. The number of nitro benzene ring substituents is 1. The summed E-state index contributed by atoms with van der Waals surface area (Å²) in [6.07, 6.45) is 0. The van der Waals surface area contributed by atoms with Gasteiger partial charge in [0, 0.05) is 17.8 Å². The first-order valence-electron chi connectivity index (χ1n) is 5.48. The predicted octanol–water partition coefficient (Wildman–Crippen LogP) is 4.80. The van der Waals surface area contributed by atoms with Crippen molar-refractivity contribution in [2.45, 2.75) is 4.95 Å². The van der Waals surface area contributed by atoms with Crippen molar-refractivity contribution in [1.82, 2.24) is 0 Å². The zero-order chi connectivity index (χ0) is 13.8. The van der Waals surface area contributed by atoms with E-state index in [1.54, 1.807) is 12.1 Å². The molecule has 0 aliphatic carbocycles. The summed E-state index contributed by atoms with van der Waals surface area (Å²) in [6, 6.07) is 16.2. The zero-order valence-electron chi connectivity index (χ0n) is 9.74. The highest BCUT2D eigenvalue weighted by molar-refractivity contribution is 9.12. The molecule has 0 radical (unpaired) electrons. The summed E-state index contributed by atoms with van der Waals surface area (Å²) in [6.45, 7) is 0. The van der Waals surface area contributed by atoms with E-state index in [0.717, 1.165) is 11.3 Å². The summed E-state index contributed by atoms with van der Waals surface area (Å²) in [5.74, 6) is 0. The SMILES string of the molecule is O=[N+]([O-])c1ccc(N(Br)C(Br)c2ccccc2)cc1. The van der Waals surface area contributed by atoms with Gasteiger partial charge in [-0.1, -0.05) is 46.3 Å². The second-order valence-corrected chi connectivity index (χ2v) is 5.46. The predicted molar refractivity (Wildman–Crippen MR) is 82.6 cm³/mol. The maximum Gasteiger partial charge on any atom is 0.269 e. The minimum absolute atomic E-state index is 0.0600. The van der Waals surface area contributed by atoms with Crippen LogP contribution in [0.15, 0.2) is 54.6 Å². The van der Waals surface area contributed by atoms with Gasteiger partial charge >= 0.3 is 0 Å². The van der Waals surface area contributed by atoms with Crippen molar-refractivity contribution in [2.75, 3.05) is 3.93 Å². The van der Waals surface area contributed by atoms with Gasteiger partial charge in [-0.05, 0) is 17.7 Å². The van der Waals surface area contributed by atoms with Crippen LogP contribution in [0.4, 0.5) is 11.4 Å². The van der Waals surface area contributed by atoms with Gasteiger partial charge in [0.05, 0.1) is 21.1 Å². The van der Waals surface area contributed by atoms with E-state index in [1.165, 1.54) is 12.1 Å². The number of rotatable bonds is 4. The number of hydrogen-bond acceptors (Lipinski definition) is 3. The maximum atomic E-state index is 10.6. The summed E-state index contributed by atoms with van der Waals surface area (Å²) >= 11 is 7.05. The van der Waals surface area contributed by atoms with Crippen LogP contribution < -0.4 is 3.93 Å². The highest BCUT2D eigenvalue weighted by Gasteiger charge is 2.16. The molecule has 0 aliphatic rings. The number of benzene rings is 2. The van der Waals surface area contributed by atoms with E-state index in [1.807, 2.05) is 34.3 Å². The van der Waals surface area contributed by atoms with Crippen LogP contribution in [-0.4, -0.2) is 4.92 Å². The third kappa shape index (κ3) is 3.33. The number of alkyl halides is 1. The maximum absolute atomic E-state index is 10.6. The van der Waals surface area contributed by atoms with Crippen molar-refractivity contribution in [3.05, 3.63) is 70.3 Å². The lowest BCUT2D eigenvalue weighted by Crippen LogP contribution is -2.12. The highest BCUT2D eigenvalue weighted by Crippen LogP contribution is 2.35. The third-order valence-electron chi connectivity index (χ3n) is 2.58. The molecular weight excluding hydrogens is 376 g/mol. The van der Waals surface area contributed by atoms with E-state index in [9.17, 15) is 10.1 Å². The molecule has 0 saturated carbocycles. The quantitative estimate of drug-likeness (QED) is 0.249. The molecule has 1 unspecified atom stereocenters. The molecule has 0 heterocycles. The molecule has 6 heteroatoms. The minimum Gasteiger partial charge on any atom is -0.291 e. The van der Waals surface area contributed by atoms with E-state index in [2.05, 4.69) is 32.1 Å². The van der Waals surface area contributed by atoms with Crippen LogP contribution in [0.1, 0.15) is 10.5 Å². The monoisotopic (exact) mass is 384 g/mol. The van der Waals surface area contributed by atoms with Gasteiger partial charge in [0.25, 0.3) is 5.69 Å². The van der Waals surface area contributed by atoms with Crippen LogP contribution in [0.3, 0.4) is 0 Å². The van der Waals surface area contributed by atoms with Gasteiger partial charge in [0.15, 0.2) is 0 Å². The van der Waals surface area contributed by atoms with Crippen molar-refractivity contribution in [2.24, 2.45) is 0 Å². The second kappa shape index (κ2) is 6.16. The Hall–Kier alpha value is -1.40. The van der Waals surface area contributed by atoms with Gasteiger partial charge in [-0.25, -0.2) is 0 Å². The van der Waals surface area contributed by atoms with E-state index in [4.69, 9.17) is 0 Å². The molecule has 0 saturated heterocycles. The standard InChI is InChI=1S/C13H10Br2N2O2/c14-13(10-4-2-1-3-5-10)16(15)11-6-8-12(9-7-11)17(18)19/h1-9,13H. The lowest BCUT2D eigenvalue weighted by molar-refractivity contribution is -0.384. The molecule has 0 amide bonds. The molecule has 2 aromatic carbocycles. The van der Waals surface area contributed by atoms with Crippen LogP contribution in [0.25, 0.3) is 0 Å². The van der Waals surface area contributed by atoms with Crippen molar-refractivity contribution >= 4 is 43.5 Å². The fourth-order valence-corrected chi connectivity index (χ4v) is 2.60. The summed E-state index contributed by atoms with van der Waals surface area (Å²) in [5.41, 5.74) is 1.99. The number of halogens is 2. The fraction of sp³-hybridized carbons (Fsp3) is 0.0769. The lowest BCUT2D eigenvalue weighted by Gasteiger charge is -2.23. The smallest absolute Gasteiger partial charge is 0.269 e. The second-order valence-electron chi connectivity index (χ2n) is 3.83. The van der Waals surface area contributed by atoms with Crippen molar-refractivity contribution in [3.63, 3.8) is 0 Å². The Morgan fingerprint density at radius 3 is 2.16 bits per heavy atom. The Kier molecular flexibility index (Phi) is 4.55. The number of anilines is 1. The Bertz CT molecular complexity index is 561. The van der Waals surface area contributed by atoms with E-state index >= 15 is 0 Å². The third-order valence-corrected chi connectivity index (χ3v) is 4.89. The molecule has 19 heavy (non-hydrogen) atoms. The van der Waals surface area contributed by atoms with Crippen molar-refractivity contribution < 1.29 is 4.92 Å². The number of nitro groups is 1. The average Bonchev–Trinajstić information content (AvgIpc) is 2.46. The Morgan fingerprint density at radius 2 is 1.63 bits per heavy atom. The molecule has 2 rings (SSSR count). The molecule has 0 aromatic heterocycles. The molecule has 0 bridgehead atoms. The van der Waals surface area contributed by atoms with Crippen LogP contribution in [0.2, 0.25) is 0 Å². The number of non-ortho nitro benzene ring substituents is 1. The van der Waals surface area contributed by atoms with Gasteiger partial charge in [-0.15, -0.1) is 0 Å². The Labute approximate surface area is 127 Å². The van der Waals surface area contributed by atoms with E-state index in [-0.39, 0.29) is 10.6 Å². The summed E-state index contributed by atoms with van der Waals surface area (Å²) in [4.78, 5) is 10.1. The lowest BCUT2D eigenvalue weighted by atomic mass is 10.2. The average molecular weight is 386 g/mol. The van der Waals surface area contributed by atoms with Crippen LogP contribution in [0.5, 0.6) is 0 Å². The molecule has 0 spiro atoms.